The summed E-state index contributed by atoms with van der Waals surface area (Å²) in [7, 11) is 0. The smallest absolute Gasteiger partial charge is 0.165 e. The Bertz CT molecular complexity index is 3670. The molecule has 0 spiro atoms. The zero-order chi connectivity index (χ0) is 40.7. The summed E-state index contributed by atoms with van der Waals surface area (Å²) in [5, 5.41) is 9.87. The summed E-state index contributed by atoms with van der Waals surface area (Å²) in [6, 6.07) is 67.3. The van der Waals surface area contributed by atoms with E-state index in [9.17, 15) is 0 Å². The van der Waals surface area contributed by atoms with Crippen LogP contribution in [0.1, 0.15) is 22.6 Å². The summed E-state index contributed by atoms with van der Waals surface area (Å²) in [4.78, 5) is 21.7. The van der Waals surface area contributed by atoms with Crippen molar-refractivity contribution in [2.24, 2.45) is 4.99 Å². The molecule has 12 aromatic rings. The van der Waals surface area contributed by atoms with E-state index < -0.39 is 0 Å². The lowest BCUT2D eigenvalue weighted by Gasteiger charge is -2.28. The van der Waals surface area contributed by atoms with Gasteiger partial charge in [0.1, 0.15) is 0 Å². The molecule has 9 aromatic carbocycles. The summed E-state index contributed by atoms with van der Waals surface area (Å²) in [5.41, 5.74) is 8.69. The van der Waals surface area contributed by atoms with E-state index in [0.717, 1.165) is 40.1 Å². The SMILES string of the molecule is c1ccc(C2=Nc3c(c4ccccc4c4ccccc34)CC2c2cccc(-c3nc(-c4cccc5c4sc4ccccc45)nc(-c4cccc5c4sc4ccccc45)n3)c2)cc1. The van der Waals surface area contributed by atoms with Crippen LogP contribution >= 0.6 is 22.7 Å². The van der Waals surface area contributed by atoms with Gasteiger partial charge in [-0.1, -0.05) is 158 Å². The summed E-state index contributed by atoms with van der Waals surface area (Å²) in [5.74, 6) is 1.98. The van der Waals surface area contributed by atoms with Crippen LogP contribution in [-0.2, 0) is 6.42 Å². The summed E-state index contributed by atoms with van der Waals surface area (Å²) < 4.78 is 4.85. The quantitative estimate of drug-likeness (QED) is 0.162. The highest BCUT2D eigenvalue weighted by Crippen LogP contribution is 2.46. The number of hydrogen-bond donors (Lipinski definition) is 0. The van der Waals surface area contributed by atoms with Gasteiger partial charge in [-0.05, 0) is 69.6 Å². The molecular formula is C56H34N4S2. The second-order valence-corrected chi connectivity index (χ2v) is 18.1. The van der Waals surface area contributed by atoms with Crippen molar-refractivity contribution in [3.05, 3.63) is 205 Å². The lowest BCUT2D eigenvalue weighted by Crippen LogP contribution is -2.20. The molecule has 1 atom stereocenters. The van der Waals surface area contributed by atoms with Crippen LogP contribution in [0.4, 0.5) is 5.69 Å². The minimum absolute atomic E-state index is 0.00482. The van der Waals surface area contributed by atoms with Crippen molar-refractivity contribution >= 4 is 96.0 Å². The van der Waals surface area contributed by atoms with Crippen LogP contribution in [0.2, 0.25) is 0 Å². The molecule has 4 heterocycles. The molecule has 3 aromatic heterocycles. The molecule has 13 rings (SSSR count). The van der Waals surface area contributed by atoms with E-state index in [1.165, 1.54) is 73.0 Å². The van der Waals surface area contributed by atoms with Crippen molar-refractivity contribution in [2.75, 3.05) is 0 Å². The van der Waals surface area contributed by atoms with E-state index in [2.05, 4.69) is 188 Å². The van der Waals surface area contributed by atoms with Gasteiger partial charge < -0.3 is 0 Å². The van der Waals surface area contributed by atoms with Crippen LogP contribution in [0.15, 0.2) is 193 Å². The van der Waals surface area contributed by atoms with Gasteiger partial charge in [0.05, 0.1) is 11.4 Å². The van der Waals surface area contributed by atoms with E-state index in [1.807, 2.05) is 0 Å². The maximum absolute atomic E-state index is 5.63. The van der Waals surface area contributed by atoms with Gasteiger partial charge in [0.15, 0.2) is 17.5 Å². The Kier molecular flexibility index (Phi) is 8.05. The van der Waals surface area contributed by atoms with Crippen molar-refractivity contribution in [3.8, 4) is 34.2 Å². The fourth-order valence-corrected chi connectivity index (χ4v) is 12.1. The molecule has 4 nitrogen and oxygen atoms in total. The molecule has 1 unspecified atom stereocenters. The molecule has 290 valence electrons. The number of nitrogens with zero attached hydrogens (tertiary/aromatic N) is 4. The normalized spacial score (nSPS) is 14.0. The molecular weight excluding hydrogens is 793 g/mol. The number of hydrogen-bond acceptors (Lipinski definition) is 6. The molecule has 62 heavy (non-hydrogen) atoms. The minimum Gasteiger partial charge on any atom is -0.251 e. The minimum atomic E-state index is -0.00482. The monoisotopic (exact) mass is 826 g/mol. The number of rotatable bonds is 5. The lowest BCUT2D eigenvalue weighted by atomic mass is 9.79. The molecule has 1 aliphatic rings. The Hall–Kier alpha value is -7.38. The Labute approximate surface area is 365 Å². The third-order valence-corrected chi connectivity index (χ3v) is 15.0. The molecule has 0 fully saturated rings. The van der Waals surface area contributed by atoms with Crippen LogP contribution < -0.4 is 0 Å². The predicted octanol–water partition coefficient (Wildman–Crippen LogP) is 15.4. The molecule has 0 amide bonds. The van der Waals surface area contributed by atoms with Crippen molar-refractivity contribution in [1.82, 2.24) is 15.0 Å². The van der Waals surface area contributed by atoms with Crippen molar-refractivity contribution in [3.63, 3.8) is 0 Å². The molecule has 6 heteroatoms. The van der Waals surface area contributed by atoms with E-state index in [4.69, 9.17) is 19.9 Å². The lowest BCUT2D eigenvalue weighted by molar-refractivity contribution is 0.867. The average molecular weight is 827 g/mol. The van der Waals surface area contributed by atoms with Crippen LogP contribution in [0.25, 0.3) is 96.1 Å². The first-order valence-corrected chi connectivity index (χ1v) is 22.6. The highest BCUT2D eigenvalue weighted by molar-refractivity contribution is 7.26. The first-order valence-electron chi connectivity index (χ1n) is 21.0. The van der Waals surface area contributed by atoms with Crippen LogP contribution in [0.3, 0.4) is 0 Å². The van der Waals surface area contributed by atoms with Crippen molar-refractivity contribution in [2.45, 2.75) is 12.3 Å². The Balaban J connectivity index is 1.02. The predicted molar refractivity (Wildman–Crippen MR) is 262 cm³/mol. The fourth-order valence-electron chi connectivity index (χ4n) is 9.67. The van der Waals surface area contributed by atoms with Crippen LogP contribution in [0, 0.1) is 0 Å². The van der Waals surface area contributed by atoms with Crippen LogP contribution in [0.5, 0.6) is 0 Å². The Morgan fingerprint density at radius 1 is 0.387 bits per heavy atom. The van der Waals surface area contributed by atoms with Crippen molar-refractivity contribution in [1.29, 1.82) is 0 Å². The second kappa shape index (κ2) is 14.1. The van der Waals surface area contributed by atoms with E-state index in [-0.39, 0.29) is 5.92 Å². The number of aliphatic imine (C=N–C) groups is 1. The first kappa shape index (κ1) is 35.4. The number of aromatic nitrogens is 3. The zero-order valence-corrected chi connectivity index (χ0v) is 34.9. The second-order valence-electron chi connectivity index (χ2n) is 16.0. The largest absolute Gasteiger partial charge is 0.251 e. The van der Waals surface area contributed by atoms with E-state index >= 15 is 0 Å². The van der Waals surface area contributed by atoms with Gasteiger partial charge in [-0.25, -0.2) is 15.0 Å². The first-order chi connectivity index (χ1) is 30.7. The molecule has 1 aliphatic heterocycles. The van der Waals surface area contributed by atoms with Crippen molar-refractivity contribution < 1.29 is 0 Å². The van der Waals surface area contributed by atoms with E-state index in [1.54, 1.807) is 22.7 Å². The van der Waals surface area contributed by atoms with Gasteiger partial charge in [0, 0.05) is 68.3 Å². The molecule has 0 saturated carbocycles. The van der Waals surface area contributed by atoms with Gasteiger partial charge in [0.25, 0.3) is 0 Å². The third kappa shape index (κ3) is 5.57. The van der Waals surface area contributed by atoms with Crippen LogP contribution in [-0.4, -0.2) is 20.7 Å². The molecule has 0 radical (unpaired) electrons. The highest BCUT2D eigenvalue weighted by atomic mass is 32.1. The number of thiophene rings is 2. The number of benzene rings is 9. The van der Waals surface area contributed by atoms with Gasteiger partial charge in [-0.3, -0.25) is 4.99 Å². The Morgan fingerprint density at radius 3 is 1.52 bits per heavy atom. The maximum Gasteiger partial charge on any atom is 0.165 e. The van der Waals surface area contributed by atoms with E-state index in [0.29, 0.717) is 17.5 Å². The van der Waals surface area contributed by atoms with Gasteiger partial charge in [-0.2, -0.15) is 0 Å². The topological polar surface area (TPSA) is 51.0 Å². The molecule has 0 bridgehead atoms. The summed E-state index contributed by atoms with van der Waals surface area (Å²) >= 11 is 3.59. The average Bonchev–Trinajstić information content (AvgIpc) is 3.93. The maximum atomic E-state index is 5.63. The highest BCUT2D eigenvalue weighted by Gasteiger charge is 2.29. The summed E-state index contributed by atoms with van der Waals surface area (Å²) in [6.45, 7) is 0. The molecule has 0 aliphatic carbocycles. The molecule has 0 saturated heterocycles. The Morgan fingerprint density at radius 2 is 0.871 bits per heavy atom. The standard InChI is InChI=1S/C56H34N4S2/c1-2-15-33(16-3-1)50-46(32-47-38-21-5-4-19-36(38)37-20-6-7-24-41(37)51(47)57-50)34-17-12-18-35(31-34)54-58-55(44-27-13-25-42-39-22-8-10-29-48(39)61-52(42)44)60-56(59-54)45-28-14-26-43-40-23-9-11-30-49(40)62-53(43)45/h1-31,46H,32H2. The number of fused-ring (bicyclic) bond motifs is 12. The molecule has 0 N–H and O–H groups in total. The van der Waals surface area contributed by atoms with Gasteiger partial charge in [-0.15, -0.1) is 22.7 Å². The third-order valence-electron chi connectivity index (χ3n) is 12.5. The van der Waals surface area contributed by atoms with Gasteiger partial charge in [0.2, 0.25) is 0 Å². The summed E-state index contributed by atoms with van der Waals surface area (Å²) in [6.07, 6.45) is 0.813. The van der Waals surface area contributed by atoms with Gasteiger partial charge >= 0.3 is 0 Å². The zero-order valence-electron chi connectivity index (χ0n) is 33.3. The fraction of sp³-hybridized carbons (Fsp3) is 0.0357.